The maximum atomic E-state index is 13.6. The molecule has 0 spiro atoms. The number of fused-ring (bicyclic) bond motifs is 1. The van der Waals surface area contributed by atoms with Gasteiger partial charge in [0, 0.05) is 18.7 Å². The zero-order chi connectivity index (χ0) is 19.7. The monoisotopic (exact) mass is 380 g/mol. The van der Waals surface area contributed by atoms with Gasteiger partial charge in [-0.25, -0.2) is 4.39 Å². The number of rotatable bonds is 6. The van der Waals surface area contributed by atoms with Gasteiger partial charge in [0.05, 0.1) is 6.54 Å². The van der Waals surface area contributed by atoms with E-state index in [-0.39, 0.29) is 30.1 Å². The van der Waals surface area contributed by atoms with E-state index in [0.29, 0.717) is 24.4 Å². The first-order valence-electron chi connectivity index (χ1n) is 9.94. The molecule has 4 rings (SSSR count). The van der Waals surface area contributed by atoms with Gasteiger partial charge < -0.3 is 10.2 Å². The molecule has 2 aromatic rings. The summed E-state index contributed by atoms with van der Waals surface area (Å²) in [5, 5.41) is 2.79. The van der Waals surface area contributed by atoms with Gasteiger partial charge in [0.2, 0.25) is 11.8 Å². The van der Waals surface area contributed by atoms with Crippen molar-refractivity contribution in [3.63, 3.8) is 0 Å². The van der Waals surface area contributed by atoms with Crippen molar-refractivity contribution < 1.29 is 14.0 Å². The first-order valence-corrected chi connectivity index (χ1v) is 9.94. The Morgan fingerprint density at radius 2 is 2.00 bits per heavy atom. The Labute approximate surface area is 164 Å². The summed E-state index contributed by atoms with van der Waals surface area (Å²) in [6.45, 7) is 2.41. The van der Waals surface area contributed by atoms with E-state index in [0.717, 1.165) is 30.5 Å². The molecule has 1 heterocycles. The fourth-order valence-electron chi connectivity index (χ4n) is 4.09. The first kappa shape index (κ1) is 18.7. The lowest BCUT2D eigenvalue weighted by atomic mass is 9.89. The van der Waals surface area contributed by atoms with E-state index >= 15 is 0 Å². The summed E-state index contributed by atoms with van der Waals surface area (Å²) in [7, 11) is 0. The molecule has 0 bridgehead atoms. The number of hydrogen-bond donors (Lipinski definition) is 1. The van der Waals surface area contributed by atoms with E-state index in [2.05, 4.69) is 5.32 Å². The minimum absolute atomic E-state index is 0.00694. The van der Waals surface area contributed by atoms with Crippen LogP contribution < -0.4 is 10.2 Å². The molecule has 4 nitrogen and oxygen atoms in total. The highest BCUT2D eigenvalue weighted by Crippen LogP contribution is 2.44. The van der Waals surface area contributed by atoms with E-state index in [9.17, 15) is 14.0 Å². The standard InChI is InChI=1S/C23H25FN2O2/c1-15-12-18(8-9-20(15)24)19(16-6-7-16)13-22(27)25-14-23(28)26-11-10-17-4-2-3-5-21(17)26/h2-5,8-9,12,16,19H,6-7,10-11,13-14H2,1H3,(H,25,27). The van der Waals surface area contributed by atoms with Crippen LogP contribution in [0.1, 0.15) is 41.9 Å². The summed E-state index contributed by atoms with van der Waals surface area (Å²) >= 11 is 0. The van der Waals surface area contributed by atoms with E-state index < -0.39 is 0 Å². The second-order valence-electron chi connectivity index (χ2n) is 7.86. The second-order valence-corrected chi connectivity index (χ2v) is 7.86. The van der Waals surface area contributed by atoms with Crippen LogP contribution in [0.15, 0.2) is 42.5 Å². The summed E-state index contributed by atoms with van der Waals surface area (Å²) in [4.78, 5) is 26.8. The fourth-order valence-corrected chi connectivity index (χ4v) is 4.09. The molecule has 5 heteroatoms. The summed E-state index contributed by atoms with van der Waals surface area (Å²) < 4.78 is 13.6. The highest BCUT2D eigenvalue weighted by Gasteiger charge is 2.34. The predicted molar refractivity (Wildman–Crippen MR) is 107 cm³/mol. The Bertz CT molecular complexity index is 907. The van der Waals surface area contributed by atoms with Crippen LogP contribution in [0.3, 0.4) is 0 Å². The van der Waals surface area contributed by atoms with Gasteiger partial charge in [-0.15, -0.1) is 0 Å². The van der Waals surface area contributed by atoms with E-state index in [1.807, 2.05) is 30.3 Å². The molecule has 1 atom stereocenters. The van der Waals surface area contributed by atoms with Crippen molar-refractivity contribution in [2.45, 2.75) is 38.5 Å². The lowest BCUT2D eigenvalue weighted by Gasteiger charge is -2.19. The fraction of sp³-hybridized carbons (Fsp3) is 0.391. The zero-order valence-corrected chi connectivity index (χ0v) is 16.1. The first-order chi connectivity index (χ1) is 13.5. The van der Waals surface area contributed by atoms with Gasteiger partial charge in [-0.3, -0.25) is 9.59 Å². The number of halogens is 1. The van der Waals surface area contributed by atoms with Crippen molar-refractivity contribution in [2.24, 2.45) is 5.92 Å². The molecule has 1 saturated carbocycles. The molecule has 0 aromatic heterocycles. The molecule has 2 amide bonds. The van der Waals surface area contributed by atoms with Gasteiger partial charge in [0.1, 0.15) is 5.82 Å². The van der Waals surface area contributed by atoms with Crippen molar-refractivity contribution in [2.75, 3.05) is 18.0 Å². The van der Waals surface area contributed by atoms with Crippen molar-refractivity contribution in [1.82, 2.24) is 5.32 Å². The minimum Gasteiger partial charge on any atom is -0.347 e. The van der Waals surface area contributed by atoms with Gasteiger partial charge in [0.15, 0.2) is 0 Å². The normalized spacial score (nSPS) is 16.6. The van der Waals surface area contributed by atoms with Crippen LogP contribution in [-0.4, -0.2) is 24.9 Å². The van der Waals surface area contributed by atoms with Crippen molar-refractivity contribution in [1.29, 1.82) is 0 Å². The molecule has 0 radical (unpaired) electrons. The Morgan fingerprint density at radius 3 is 2.75 bits per heavy atom. The van der Waals surface area contributed by atoms with Gasteiger partial charge in [-0.05, 0) is 66.8 Å². The smallest absolute Gasteiger partial charge is 0.246 e. The van der Waals surface area contributed by atoms with Crippen LogP contribution in [0.4, 0.5) is 10.1 Å². The van der Waals surface area contributed by atoms with Crippen LogP contribution >= 0.6 is 0 Å². The Kier molecular flexibility index (Phi) is 5.16. The summed E-state index contributed by atoms with van der Waals surface area (Å²) in [6, 6.07) is 13.0. The molecule has 1 N–H and O–H groups in total. The second kappa shape index (κ2) is 7.74. The number of para-hydroxylation sites is 1. The zero-order valence-electron chi connectivity index (χ0n) is 16.1. The molecule has 146 valence electrons. The maximum absolute atomic E-state index is 13.6. The van der Waals surface area contributed by atoms with Gasteiger partial charge >= 0.3 is 0 Å². The predicted octanol–water partition coefficient (Wildman–Crippen LogP) is 3.72. The third-order valence-corrected chi connectivity index (χ3v) is 5.83. The highest BCUT2D eigenvalue weighted by molar-refractivity contribution is 5.98. The van der Waals surface area contributed by atoms with Gasteiger partial charge in [-0.1, -0.05) is 30.3 Å². The van der Waals surface area contributed by atoms with Crippen LogP contribution in [0.5, 0.6) is 0 Å². The number of carbonyl (C=O) groups excluding carboxylic acids is 2. The molecule has 1 unspecified atom stereocenters. The van der Waals surface area contributed by atoms with Crippen molar-refractivity contribution >= 4 is 17.5 Å². The number of nitrogens with zero attached hydrogens (tertiary/aromatic N) is 1. The molecule has 28 heavy (non-hydrogen) atoms. The molecule has 2 aromatic carbocycles. The SMILES string of the molecule is Cc1cc(C(CC(=O)NCC(=O)N2CCc3ccccc32)C2CC2)ccc1F. The summed E-state index contributed by atoms with van der Waals surface area (Å²) in [5.74, 6) is 0.122. The van der Waals surface area contributed by atoms with Crippen molar-refractivity contribution in [3.05, 3.63) is 65.0 Å². The van der Waals surface area contributed by atoms with Gasteiger partial charge in [-0.2, -0.15) is 0 Å². The van der Waals surface area contributed by atoms with Crippen LogP contribution in [0.2, 0.25) is 0 Å². The highest BCUT2D eigenvalue weighted by atomic mass is 19.1. The van der Waals surface area contributed by atoms with E-state index in [4.69, 9.17) is 0 Å². The Hall–Kier alpha value is -2.69. The summed E-state index contributed by atoms with van der Waals surface area (Å²) in [6.07, 6.45) is 3.37. The summed E-state index contributed by atoms with van der Waals surface area (Å²) in [5.41, 5.74) is 3.73. The van der Waals surface area contributed by atoms with Crippen molar-refractivity contribution in [3.8, 4) is 0 Å². The third kappa shape index (κ3) is 3.93. The van der Waals surface area contributed by atoms with Crippen LogP contribution in [0.25, 0.3) is 0 Å². The number of carbonyl (C=O) groups is 2. The number of anilines is 1. The third-order valence-electron chi connectivity index (χ3n) is 5.83. The number of nitrogens with one attached hydrogen (secondary N) is 1. The topological polar surface area (TPSA) is 49.4 Å². The number of hydrogen-bond acceptors (Lipinski definition) is 2. The lowest BCUT2D eigenvalue weighted by Crippen LogP contribution is -2.39. The number of aryl methyl sites for hydroxylation is 1. The maximum Gasteiger partial charge on any atom is 0.246 e. The Balaban J connectivity index is 1.36. The van der Waals surface area contributed by atoms with Crippen LogP contribution in [0, 0.1) is 18.7 Å². The molecule has 2 aliphatic rings. The minimum atomic E-state index is -0.223. The molecule has 1 aliphatic carbocycles. The van der Waals surface area contributed by atoms with E-state index in [1.165, 1.54) is 11.6 Å². The number of amides is 2. The molecular weight excluding hydrogens is 355 g/mol. The quantitative estimate of drug-likeness (QED) is 0.830. The lowest BCUT2D eigenvalue weighted by molar-refractivity contribution is -0.125. The number of benzene rings is 2. The Morgan fingerprint density at radius 1 is 1.21 bits per heavy atom. The largest absolute Gasteiger partial charge is 0.347 e. The average Bonchev–Trinajstić information content (AvgIpc) is 3.44. The van der Waals surface area contributed by atoms with Gasteiger partial charge in [0.25, 0.3) is 0 Å². The molecule has 1 aliphatic heterocycles. The molecule has 0 saturated heterocycles. The van der Waals surface area contributed by atoms with Crippen LogP contribution in [-0.2, 0) is 16.0 Å². The molecule has 1 fully saturated rings. The van der Waals surface area contributed by atoms with E-state index in [1.54, 1.807) is 17.9 Å². The molecular formula is C23H25FN2O2. The average molecular weight is 380 g/mol.